The molecule has 3 rings (SSSR count). The number of anilines is 3. The Hall–Kier alpha value is -3.54. The second-order valence-corrected chi connectivity index (χ2v) is 5.75. The second-order valence-electron chi connectivity index (χ2n) is 5.75. The first-order valence-electron chi connectivity index (χ1n) is 8.08. The molecule has 130 valence electrons. The number of nitrogens with one attached hydrogen (secondary N) is 1. The normalized spacial score (nSPS) is 10.2. The van der Waals surface area contributed by atoms with Crippen molar-refractivity contribution in [2.75, 3.05) is 17.3 Å². The maximum absolute atomic E-state index is 12.3. The van der Waals surface area contributed by atoms with Crippen LogP contribution in [0.25, 0.3) is 0 Å². The van der Waals surface area contributed by atoms with Crippen molar-refractivity contribution in [3.05, 3.63) is 78.2 Å². The number of rotatable bonds is 5. The molecule has 0 spiro atoms. The zero-order chi connectivity index (χ0) is 18.5. The van der Waals surface area contributed by atoms with Gasteiger partial charge in [0, 0.05) is 24.0 Å². The topological polar surface area (TPSA) is 75.2 Å². The summed E-state index contributed by atoms with van der Waals surface area (Å²) in [6.07, 6.45) is 2.98. The Labute approximate surface area is 151 Å². The third-order valence-electron chi connectivity index (χ3n) is 3.88. The van der Waals surface area contributed by atoms with Gasteiger partial charge < -0.3 is 10.2 Å². The van der Waals surface area contributed by atoms with Crippen LogP contribution in [0, 0.1) is 0 Å². The van der Waals surface area contributed by atoms with Crippen LogP contribution in [-0.2, 0) is 0 Å². The molecule has 0 aliphatic carbocycles. The quantitative estimate of drug-likeness (QED) is 0.713. The number of hydrogen-bond acceptors (Lipinski definition) is 5. The summed E-state index contributed by atoms with van der Waals surface area (Å²) in [5, 5.41) is 2.73. The number of aromatic nitrogens is 2. The maximum Gasteiger partial charge on any atom is 0.275 e. The van der Waals surface area contributed by atoms with Crippen LogP contribution >= 0.6 is 0 Å². The van der Waals surface area contributed by atoms with Crippen molar-refractivity contribution in [2.24, 2.45) is 0 Å². The van der Waals surface area contributed by atoms with Gasteiger partial charge in [0.15, 0.2) is 11.6 Å². The van der Waals surface area contributed by atoms with E-state index in [0.717, 1.165) is 5.69 Å². The van der Waals surface area contributed by atoms with E-state index in [4.69, 9.17) is 0 Å². The summed E-state index contributed by atoms with van der Waals surface area (Å²) < 4.78 is 0. The van der Waals surface area contributed by atoms with E-state index in [0.29, 0.717) is 17.1 Å². The number of carbonyl (C=O) groups is 2. The van der Waals surface area contributed by atoms with Gasteiger partial charge in [-0.2, -0.15) is 0 Å². The highest BCUT2D eigenvalue weighted by molar-refractivity contribution is 6.03. The van der Waals surface area contributed by atoms with Crippen LogP contribution in [0.5, 0.6) is 0 Å². The lowest BCUT2D eigenvalue weighted by Gasteiger charge is -2.17. The van der Waals surface area contributed by atoms with Crippen LogP contribution in [0.1, 0.15) is 27.8 Å². The molecule has 1 amide bonds. The Kier molecular flexibility index (Phi) is 5.03. The number of benzene rings is 2. The molecule has 6 nitrogen and oxygen atoms in total. The third-order valence-corrected chi connectivity index (χ3v) is 3.88. The van der Waals surface area contributed by atoms with Crippen molar-refractivity contribution in [3.63, 3.8) is 0 Å². The molecule has 1 N–H and O–H groups in total. The largest absolute Gasteiger partial charge is 0.328 e. The van der Waals surface area contributed by atoms with Gasteiger partial charge >= 0.3 is 0 Å². The summed E-state index contributed by atoms with van der Waals surface area (Å²) >= 11 is 0. The van der Waals surface area contributed by atoms with Gasteiger partial charge in [0.2, 0.25) is 0 Å². The number of amides is 1. The van der Waals surface area contributed by atoms with E-state index in [9.17, 15) is 9.59 Å². The molecule has 0 unspecified atom stereocenters. The molecule has 1 aromatic heterocycles. The average molecular weight is 346 g/mol. The molecule has 6 heteroatoms. The summed E-state index contributed by atoms with van der Waals surface area (Å²) in [6, 6.07) is 16.5. The first kappa shape index (κ1) is 17.3. The van der Waals surface area contributed by atoms with E-state index in [1.165, 1.54) is 13.1 Å². The van der Waals surface area contributed by atoms with Gasteiger partial charge in [0.05, 0.1) is 12.4 Å². The van der Waals surface area contributed by atoms with E-state index < -0.39 is 0 Å². The van der Waals surface area contributed by atoms with E-state index >= 15 is 0 Å². The van der Waals surface area contributed by atoms with E-state index in [2.05, 4.69) is 15.3 Å². The Balaban J connectivity index is 1.73. The monoisotopic (exact) mass is 346 g/mol. The Morgan fingerprint density at radius 2 is 1.73 bits per heavy atom. The number of para-hydroxylation sites is 1. The number of hydrogen-bond donors (Lipinski definition) is 1. The minimum Gasteiger partial charge on any atom is -0.328 e. The fourth-order valence-corrected chi connectivity index (χ4v) is 2.41. The standard InChI is InChI=1S/C20H18N4O2/c1-14(25)15-7-6-8-16(11-15)23-20(26)18-12-22-19(13-21-18)24(2)17-9-4-3-5-10-17/h3-13H,1-2H3,(H,23,26). The predicted octanol–water partition coefficient (Wildman–Crippen LogP) is 3.70. The zero-order valence-corrected chi connectivity index (χ0v) is 14.5. The highest BCUT2D eigenvalue weighted by Gasteiger charge is 2.11. The Bertz CT molecular complexity index is 924. The highest BCUT2D eigenvalue weighted by Crippen LogP contribution is 2.20. The molecule has 0 saturated heterocycles. The molecule has 0 bridgehead atoms. The first-order chi connectivity index (χ1) is 12.5. The van der Waals surface area contributed by atoms with Crippen molar-refractivity contribution in [3.8, 4) is 0 Å². The molecule has 26 heavy (non-hydrogen) atoms. The molecule has 0 atom stereocenters. The van der Waals surface area contributed by atoms with Gasteiger partial charge in [-0.05, 0) is 31.2 Å². The number of Topliss-reactive ketones (excluding diaryl/α,β-unsaturated/α-hetero) is 1. The van der Waals surface area contributed by atoms with Crippen LogP contribution in [0.15, 0.2) is 67.0 Å². The molecule has 1 heterocycles. The lowest BCUT2D eigenvalue weighted by atomic mass is 10.1. The summed E-state index contributed by atoms with van der Waals surface area (Å²) in [6.45, 7) is 1.48. The Morgan fingerprint density at radius 3 is 2.38 bits per heavy atom. The molecule has 0 fully saturated rings. The third kappa shape index (κ3) is 3.92. The minimum atomic E-state index is -0.382. The van der Waals surface area contributed by atoms with Crippen molar-refractivity contribution in [1.29, 1.82) is 0 Å². The van der Waals surface area contributed by atoms with Crippen molar-refractivity contribution in [2.45, 2.75) is 6.92 Å². The molecular formula is C20H18N4O2. The fourth-order valence-electron chi connectivity index (χ4n) is 2.41. The van der Waals surface area contributed by atoms with Gasteiger partial charge in [-0.3, -0.25) is 9.59 Å². The molecule has 2 aromatic carbocycles. The van der Waals surface area contributed by atoms with Crippen LogP contribution in [0.2, 0.25) is 0 Å². The highest BCUT2D eigenvalue weighted by atomic mass is 16.2. The molecule has 3 aromatic rings. The predicted molar refractivity (Wildman–Crippen MR) is 101 cm³/mol. The smallest absolute Gasteiger partial charge is 0.275 e. The summed E-state index contributed by atoms with van der Waals surface area (Å²) in [5.41, 5.74) is 2.24. The van der Waals surface area contributed by atoms with Crippen LogP contribution in [0.4, 0.5) is 17.2 Å². The average Bonchev–Trinajstić information content (AvgIpc) is 2.68. The van der Waals surface area contributed by atoms with Gasteiger partial charge in [0.1, 0.15) is 5.69 Å². The number of ketones is 1. The van der Waals surface area contributed by atoms with Crippen LogP contribution in [-0.4, -0.2) is 28.7 Å². The molecular weight excluding hydrogens is 328 g/mol. The number of nitrogens with zero attached hydrogens (tertiary/aromatic N) is 3. The molecule has 0 aliphatic rings. The van der Waals surface area contributed by atoms with Gasteiger partial charge in [-0.1, -0.05) is 30.3 Å². The molecule has 0 saturated carbocycles. The minimum absolute atomic E-state index is 0.0609. The van der Waals surface area contributed by atoms with Gasteiger partial charge in [-0.15, -0.1) is 0 Å². The van der Waals surface area contributed by atoms with Gasteiger partial charge in [0.25, 0.3) is 5.91 Å². The second kappa shape index (κ2) is 7.57. The molecule has 0 radical (unpaired) electrons. The van der Waals surface area contributed by atoms with Crippen LogP contribution < -0.4 is 10.2 Å². The lowest BCUT2D eigenvalue weighted by molar-refractivity contribution is 0.100. The lowest BCUT2D eigenvalue weighted by Crippen LogP contribution is -2.16. The van der Waals surface area contributed by atoms with E-state index in [1.54, 1.807) is 30.5 Å². The fraction of sp³-hybridized carbons (Fsp3) is 0.100. The Morgan fingerprint density at radius 1 is 0.962 bits per heavy atom. The van der Waals surface area contributed by atoms with Gasteiger partial charge in [-0.25, -0.2) is 9.97 Å². The summed E-state index contributed by atoms with van der Waals surface area (Å²) in [4.78, 5) is 34.2. The van der Waals surface area contributed by atoms with Crippen molar-refractivity contribution < 1.29 is 9.59 Å². The van der Waals surface area contributed by atoms with Crippen molar-refractivity contribution >= 4 is 28.9 Å². The maximum atomic E-state index is 12.3. The van der Waals surface area contributed by atoms with E-state index in [1.807, 2.05) is 42.3 Å². The molecule has 0 aliphatic heterocycles. The summed E-state index contributed by atoms with van der Waals surface area (Å²) in [5.74, 6) is 0.188. The van der Waals surface area contributed by atoms with E-state index in [-0.39, 0.29) is 17.4 Å². The SMILES string of the molecule is CC(=O)c1cccc(NC(=O)c2cnc(N(C)c3ccccc3)cn2)c1. The zero-order valence-electron chi connectivity index (χ0n) is 14.5. The first-order valence-corrected chi connectivity index (χ1v) is 8.08. The number of carbonyl (C=O) groups excluding carboxylic acids is 2. The van der Waals surface area contributed by atoms with Crippen molar-refractivity contribution in [1.82, 2.24) is 9.97 Å². The summed E-state index contributed by atoms with van der Waals surface area (Å²) in [7, 11) is 1.88. The van der Waals surface area contributed by atoms with Crippen LogP contribution in [0.3, 0.4) is 0 Å².